The largest absolute Gasteiger partial charge is 0.433 e. The van der Waals surface area contributed by atoms with Crippen LogP contribution in [0.25, 0.3) is 11.1 Å². The highest BCUT2D eigenvalue weighted by atomic mass is 19.4. The standard InChI is InChI=1S/C21H21F3N6O/c1-13-7-14(15-10-26-20(27-11-15)30-6-2-3-17(31)12-30)9-16(8-13)28-19-25-5-4-18(29-19)21(22,23)24/h4-5,7-11,17,31H,2-3,6,12H2,1H3,(H,25,28,29). The van der Waals surface area contributed by atoms with Crippen LogP contribution in [0.2, 0.25) is 0 Å². The van der Waals surface area contributed by atoms with Gasteiger partial charge in [-0.25, -0.2) is 19.9 Å². The van der Waals surface area contributed by atoms with Crippen LogP contribution in [-0.2, 0) is 6.18 Å². The lowest BCUT2D eigenvalue weighted by Crippen LogP contribution is -2.39. The zero-order valence-corrected chi connectivity index (χ0v) is 16.8. The third kappa shape index (κ3) is 5.08. The zero-order valence-electron chi connectivity index (χ0n) is 16.8. The molecule has 4 rings (SSSR count). The molecule has 0 saturated carbocycles. The quantitative estimate of drug-likeness (QED) is 0.648. The number of aliphatic hydroxyl groups is 1. The molecular formula is C21H21F3N6O. The predicted molar refractivity (Wildman–Crippen MR) is 110 cm³/mol. The number of aromatic nitrogens is 4. The van der Waals surface area contributed by atoms with E-state index in [1.54, 1.807) is 24.5 Å². The molecule has 1 aliphatic heterocycles. The summed E-state index contributed by atoms with van der Waals surface area (Å²) in [6, 6.07) is 6.32. The van der Waals surface area contributed by atoms with Crippen molar-refractivity contribution in [2.45, 2.75) is 32.0 Å². The summed E-state index contributed by atoms with van der Waals surface area (Å²) < 4.78 is 38.7. The van der Waals surface area contributed by atoms with E-state index in [1.165, 1.54) is 0 Å². The second kappa shape index (κ2) is 8.46. The molecule has 1 saturated heterocycles. The number of alkyl halides is 3. The highest BCUT2D eigenvalue weighted by molar-refractivity contribution is 5.70. The minimum Gasteiger partial charge on any atom is -0.391 e. The topological polar surface area (TPSA) is 87.1 Å². The lowest BCUT2D eigenvalue weighted by Gasteiger charge is -2.29. The van der Waals surface area contributed by atoms with E-state index >= 15 is 0 Å². The zero-order chi connectivity index (χ0) is 22.0. The van der Waals surface area contributed by atoms with E-state index < -0.39 is 11.9 Å². The van der Waals surface area contributed by atoms with Gasteiger partial charge in [-0.1, -0.05) is 6.07 Å². The van der Waals surface area contributed by atoms with Crippen LogP contribution >= 0.6 is 0 Å². The monoisotopic (exact) mass is 430 g/mol. The number of hydrogen-bond acceptors (Lipinski definition) is 7. The van der Waals surface area contributed by atoms with E-state index in [2.05, 4.69) is 25.3 Å². The summed E-state index contributed by atoms with van der Waals surface area (Å²) in [5.74, 6) is 0.424. The van der Waals surface area contributed by atoms with E-state index in [4.69, 9.17) is 0 Å². The molecule has 0 amide bonds. The normalized spacial score (nSPS) is 16.9. The van der Waals surface area contributed by atoms with Crippen molar-refractivity contribution in [3.8, 4) is 11.1 Å². The Morgan fingerprint density at radius 2 is 1.87 bits per heavy atom. The highest BCUT2D eigenvalue weighted by Crippen LogP contribution is 2.29. The van der Waals surface area contributed by atoms with Gasteiger partial charge in [0.15, 0.2) is 0 Å². The van der Waals surface area contributed by atoms with Crippen LogP contribution < -0.4 is 10.2 Å². The Morgan fingerprint density at radius 3 is 2.58 bits per heavy atom. The van der Waals surface area contributed by atoms with Crippen LogP contribution in [0.1, 0.15) is 24.1 Å². The highest BCUT2D eigenvalue weighted by Gasteiger charge is 2.32. The van der Waals surface area contributed by atoms with Crippen molar-refractivity contribution >= 4 is 17.6 Å². The van der Waals surface area contributed by atoms with Gasteiger partial charge in [-0.3, -0.25) is 0 Å². The molecule has 0 radical (unpaired) electrons. The molecule has 1 fully saturated rings. The molecule has 162 valence electrons. The maximum atomic E-state index is 12.9. The van der Waals surface area contributed by atoms with Gasteiger partial charge in [0.1, 0.15) is 5.69 Å². The summed E-state index contributed by atoms with van der Waals surface area (Å²) in [4.78, 5) is 18.2. The number of β-amino-alcohol motifs (C(OH)–C–C–N with tert-alkyl or cyclic N) is 1. The van der Waals surface area contributed by atoms with Crippen molar-refractivity contribution in [3.05, 3.63) is 54.1 Å². The molecule has 7 nitrogen and oxygen atoms in total. The number of hydrogen-bond donors (Lipinski definition) is 2. The SMILES string of the molecule is Cc1cc(Nc2nccc(C(F)(F)F)n2)cc(-c2cnc(N3CCCC(O)C3)nc2)c1. The molecule has 3 aromatic rings. The number of nitrogens with one attached hydrogen (secondary N) is 1. The van der Waals surface area contributed by atoms with Gasteiger partial charge in [0.25, 0.3) is 0 Å². The number of halogens is 3. The Kier molecular flexibility index (Phi) is 5.73. The third-order valence-electron chi connectivity index (χ3n) is 4.93. The van der Waals surface area contributed by atoms with Gasteiger partial charge < -0.3 is 15.3 Å². The molecule has 1 aromatic carbocycles. The maximum absolute atomic E-state index is 12.9. The Bertz CT molecular complexity index is 1060. The maximum Gasteiger partial charge on any atom is 0.433 e. The second-order valence-corrected chi connectivity index (χ2v) is 7.49. The molecular weight excluding hydrogens is 409 g/mol. The lowest BCUT2D eigenvalue weighted by molar-refractivity contribution is -0.141. The van der Waals surface area contributed by atoms with E-state index in [1.807, 2.05) is 17.9 Å². The molecule has 3 heterocycles. The number of aliphatic hydroxyl groups excluding tert-OH is 1. The van der Waals surface area contributed by atoms with Gasteiger partial charge in [-0.15, -0.1) is 0 Å². The average molecular weight is 430 g/mol. The number of benzene rings is 1. The Hall–Kier alpha value is -3.27. The summed E-state index contributed by atoms with van der Waals surface area (Å²) in [6.45, 7) is 3.19. The van der Waals surface area contributed by atoms with Gasteiger partial charge in [0, 0.05) is 42.9 Å². The van der Waals surface area contributed by atoms with E-state index in [0.29, 0.717) is 18.2 Å². The first-order valence-electron chi connectivity index (χ1n) is 9.82. The summed E-state index contributed by atoms with van der Waals surface area (Å²) in [5.41, 5.74) is 2.01. The molecule has 2 N–H and O–H groups in total. The number of rotatable bonds is 4. The van der Waals surface area contributed by atoms with Crippen molar-refractivity contribution in [1.29, 1.82) is 0 Å². The van der Waals surface area contributed by atoms with Gasteiger partial charge in [-0.05, 0) is 49.1 Å². The van der Waals surface area contributed by atoms with Crippen LogP contribution in [0.5, 0.6) is 0 Å². The third-order valence-corrected chi connectivity index (χ3v) is 4.93. The molecule has 2 aromatic heterocycles. The number of nitrogens with zero attached hydrogens (tertiary/aromatic N) is 5. The van der Waals surface area contributed by atoms with E-state index in [9.17, 15) is 18.3 Å². The van der Waals surface area contributed by atoms with Crippen LogP contribution in [0.4, 0.5) is 30.8 Å². The summed E-state index contributed by atoms with van der Waals surface area (Å²) in [6.07, 6.45) is 1.21. The molecule has 0 aliphatic carbocycles. The number of piperidine rings is 1. The first kappa shape index (κ1) is 21.0. The minimum atomic E-state index is -4.54. The van der Waals surface area contributed by atoms with Crippen LogP contribution in [0.3, 0.4) is 0 Å². The molecule has 0 bridgehead atoms. The smallest absolute Gasteiger partial charge is 0.391 e. The molecule has 31 heavy (non-hydrogen) atoms. The van der Waals surface area contributed by atoms with Gasteiger partial charge in [0.05, 0.1) is 6.10 Å². The van der Waals surface area contributed by atoms with E-state index in [0.717, 1.165) is 48.3 Å². The predicted octanol–water partition coefficient (Wildman–Crippen LogP) is 3.97. The van der Waals surface area contributed by atoms with Crippen LogP contribution in [-0.4, -0.2) is 44.2 Å². The van der Waals surface area contributed by atoms with Crippen molar-refractivity contribution in [1.82, 2.24) is 19.9 Å². The number of aryl methyl sites for hydroxylation is 1. The van der Waals surface area contributed by atoms with Crippen LogP contribution in [0.15, 0.2) is 42.9 Å². The fourth-order valence-electron chi connectivity index (χ4n) is 3.50. The van der Waals surface area contributed by atoms with Gasteiger partial charge in [0.2, 0.25) is 11.9 Å². The second-order valence-electron chi connectivity index (χ2n) is 7.49. The van der Waals surface area contributed by atoms with Crippen molar-refractivity contribution in [3.63, 3.8) is 0 Å². The summed E-state index contributed by atoms with van der Waals surface area (Å²) >= 11 is 0. The summed E-state index contributed by atoms with van der Waals surface area (Å²) in [7, 11) is 0. The number of anilines is 3. The lowest BCUT2D eigenvalue weighted by atomic mass is 10.1. The molecule has 1 unspecified atom stereocenters. The van der Waals surface area contributed by atoms with E-state index in [-0.39, 0.29) is 12.1 Å². The van der Waals surface area contributed by atoms with Crippen molar-refractivity contribution < 1.29 is 18.3 Å². The molecule has 10 heteroatoms. The van der Waals surface area contributed by atoms with Gasteiger partial charge >= 0.3 is 6.18 Å². The average Bonchev–Trinajstić information content (AvgIpc) is 2.73. The fourth-order valence-corrected chi connectivity index (χ4v) is 3.50. The van der Waals surface area contributed by atoms with Crippen molar-refractivity contribution in [2.24, 2.45) is 0 Å². The molecule has 1 aliphatic rings. The Labute approximate surface area is 177 Å². The Balaban J connectivity index is 1.55. The molecule has 0 spiro atoms. The van der Waals surface area contributed by atoms with Gasteiger partial charge in [-0.2, -0.15) is 13.2 Å². The Morgan fingerprint density at radius 1 is 1.10 bits per heavy atom. The fraction of sp³-hybridized carbons (Fsp3) is 0.333. The summed E-state index contributed by atoms with van der Waals surface area (Å²) in [5, 5.41) is 12.7. The first-order chi connectivity index (χ1) is 14.8. The minimum absolute atomic E-state index is 0.137. The first-order valence-corrected chi connectivity index (χ1v) is 9.82. The van der Waals surface area contributed by atoms with Crippen LogP contribution in [0, 0.1) is 6.92 Å². The van der Waals surface area contributed by atoms with Crippen molar-refractivity contribution in [2.75, 3.05) is 23.3 Å². The molecule has 1 atom stereocenters.